The van der Waals surface area contributed by atoms with Gasteiger partial charge in [0.15, 0.2) is 11.5 Å². The molecule has 0 spiro atoms. The van der Waals surface area contributed by atoms with Crippen LogP contribution in [0.25, 0.3) is 0 Å². The molecule has 0 aliphatic rings. The van der Waals surface area contributed by atoms with E-state index < -0.39 is 10.0 Å². The van der Waals surface area contributed by atoms with Crippen molar-refractivity contribution in [2.24, 2.45) is 0 Å². The summed E-state index contributed by atoms with van der Waals surface area (Å²) in [6.07, 6.45) is 1.48. The number of furan rings is 1. The molecule has 170 valence electrons. The lowest BCUT2D eigenvalue weighted by Gasteiger charge is -2.14. The van der Waals surface area contributed by atoms with Crippen LogP contribution in [0, 0.1) is 0 Å². The van der Waals surface area contributed by atoms with Crippen molar-refractivity contribution < 1.29 is 31.8 Å². The number of methoxy groups -OCH3 is 3. The molecule has 9 nitrogen and oxygen atoms in total. The highest BCUT2D eigenvalue weighted by atomic mass is 32.2. The number of carbonyl (C=O) groups excluding carboxylic acids is 1. The summed E-state index contributed by atoms with van der Waals surface area (Å²) in [5, 5.41) is 2.71. The van der Waals surface area contributed by atoms with Gasteiger partial charge in [-0.1, -0.05) is 6.07 Å². The van der Waals surface area contributed by atoms with E-state index in [0.717, 1.165) is 0 Å². The number of amides is 1. The number of nitrogens with one attached hydrogen (secondary N) is 2. The number of anilines is 1. The third-order valence-electron chi connectivity index (χ3n) is 4.53. The lowest BCUT2D eigenvalue weighted by Crippen LogP contribution is -2.23. The molecule has 32 heavy (non-hydrogen) atoms. The van der Waals surface area contributed by atoms with Crippen LogP contribution < -0.4 is 24.2 Å². The van der Waals surface area contributed by atoms with Crippen LogP contribution in [0.3, 0.4) is 0 Å². The van der Waals surface area contributed by atoms with Gasteiger partial charge in [0.1, 0.15) is 5.76 Å². The highest BCUT2D eigenvalue weighted by Gasteiger charge is 2.17. The van der Waals surface area contributed by atoms with Gasteiger partial charge in [-0.25, -0.2) is 13.1 Å². The quantitative estimate of drug-likeness (QED) is 0.478. The standard InChI is InChI=1S/C22H24N2O7S/c1-28-19-10-15(11-20(29-2)22(19)30-3)12-21(25)24-16-6-4-8-18(13-16)32(26,27)23-14-17-7-5-9-31-17/h4-11,13,23H,12,14H2,1-3H3,(H,24,25). The van der Waals surface area contributed by atoms with Crippen molar-refractivity contribution in [2.75, 3.05) is 26.6 Å². The Hall–Kier alpha value is -3.50. The molecule has 2 N–H and O–H groups in total. The predicted octanol–water partition coefficient (Wildman–Crippen LogP) is 2.97. The van der Waals surface area contributed by atoms with E-state index in [2.05, 4.69) is 10.0 Å². The van der Waals surface area contributed by atoms with Crippen molar-refractivity contribution in [3.8, 4) is 17.2 Å². The highest BCUT2D eigenvalue weighted by Crippen LogP contribution is 2.38. The van der Waals surface area contributed by atoms with Gasteiger partial charge in [0.2, 0.25) is 21.7 Å². The fraction of sp³-hybridized carbons (Fsp3) is 0.227. The minimum atomic E-state index is -3.79. The van der Waals surface area contributed by atoms with E-state index in [1.165, 1.54) is 39.7 Å². The van der Waals surface area contributed by atoms with Crippen molar-refractivity contribution in [1.29, 1.82) is 0 Å². The predicted molar refractivity (Wildman–Crippen MR) is 118 cm³/mol. The average Bonchev–Trinajstić information content (AvgIpc) is 3.31. The van der Waals surface area contributed by atoms with Crippen molar-refractivity contribution in [3.63, 3.8) is 0 Å². The molecular formula is C22H24N2O7S. The number of rotatable bonds is 10. The fourth-order valence-electron chi connectivity index (χ4n) is 3.03. The maximum Gasteiger partial charge on any atom is 0.241 e. The molecule has 2 aromatic carbocycles. The molecule has 0 radical (unpaired) electrons. The van der Waals surface area contributed by atoms with Gasteiger partial charge in [0.05, 0.1) is 45.5 Å². The Bertz CT molecular complexity index is 1150. The summed E-state index contributed by atoms with van der Waals surface area (Å²) < 4.78 is 48.6. The Kier molecular flexibility index (Phi) is 7.39. The molecule has 3 aromatic rings. The zero-order valence-corrected chi connectivity index (χ0v) is 18.7. The molecular weight excluding hydrogens is 436 g/mol. The molecule has 1 aromatic heterocycles. The van der Waals surface area contributed by atoms with Crippen molar-refractivity contribution in [3.05, 3.63) is 66.1 Å². The maximum absolute atomic E-state index is 12.6. The summed E-state index contributed by atoms with van der Waals surface area (Å²) in [5.74, 6) is 1.45. The zero-order valence-electron chi connectivity index (χ0n) is 17.9. The number of sulfonamides is 1. The SMILES string of the molecule is COc1cc(CC(=O)Nc2cccc(S(=O)(=O)NCc3ccco3)c2)cc(OC)c1OC. The largest absolute Gasteiger partial charge is 0.493 e. The lowest BCUT2D eigenvalue weighted by atomic mass is 10.1. The molecule has 3 rings (SSSR count). The van der Waals surface area contributed by atoms with Crippen molar-refractivity contribution in [2.45, 2.75) is 17.9 Å². The van der Waals surface area contributed by atoms with E-state index in [4.69, 9.17) is 18.6 Å². The molecule has 0 unspecified atom stereocenters. The Labute approximate surface area is 186 Å². The molecule has 0 saturated heterocycles. The van der Waals surface area contributed by atoms with Crippen LogP contribution in [0.5, 0.6) is 17.2 Å². The first-order valence-corrected chi connectivity index (χ1v) is 11.1. The van der Waals surface area contributed by atoms with Gasteiger partial charge in [0, 0.05) is 5.69 Å². The van der Waals surface area contributed by atoms with Gasteiger partial charge in [-0.05, 0) is 48.0 Å². The second-order valence-electron chi connectivity index (χ2n) is 6.69. The first kappa shape index (κ1) is 23.2. The van der Waals surface area contributed by atoms with E-state index in [9.17, 15) is 13.2 Å². The van der Waals surface area contributed by atoms with E-state index >= 15 is 0 Å². The number of ether oxygens (including phenoxy) is 3. The summed E-state index contributed by atoms with van der Waals surface area (Å²) in [5.41, 5.74) is 0.990. The summed E-state index contributed by atoms with van der Waals surface area (Å²) >= 11 is 0. The second-order valence-corrected chi connectivity index (χ2v) is 8.46. The molecule has 0 saturated carbocycles. The van der Waals surface area contributed by atoms with Gasteiger partial charge in [-0.15, -0.1) is 0 Å². The molecule has 1 amide bonds. The third-order valence-corrected chi connectivity index (χ3v) is 5.93. The Morgan fingerprint density at radius 1 is 0.969 bits per heavy atom. The number of carbonyl (C=O) groups is 1. The Balaban J connectivity index is 1.71. The van der Waals surface area contributed by atoms with Crippen LogP contribution in [0.2, 0.25) is 0 Å². The van der Waals surface area contributed by atoms with Crippen LogP contribution >= 0.6 is 0 Å². The van der Waals surface area contributed by atoms with Crippen LogP contribution in [0.15, 0.2) is 64.1 Å². The number of hydrogen-bond donors (Lipinski definition) is 2. The normalized spacial score (nSPS) is 11.1. The summed E-state index contributed by atoms with van der Waals surface area (Å²) in [6, 6.07) is 12.7. The van der Waals surface area contributed by atoms with Crippen LogP contribution in [0.4, 0.5) is 5.69 Å². The Morgan fingerprint density at radius 3 is 2.28 bits per heavy atom. The molecule has 0 bridgehead atoms. The molecule has 1 heterocycles. The summed E-state index contributed by atoms with van der Waals surface area (Å²) in [7, 11) is 0.696. The molecule has 0 atom stereocenters. The van der Waals surface area contributed by atoms with E-state index in [1.807, 2.05) is 0 Å². The average molecular weight is 461 g/mol. The highest BCUT2D eigenvalue weighted by molar-refractivity contribution is 7.89. The minimum Gasteiger partial charge on any atom is -0.493 e. The van der Waals surface area contributed by atoms with Crippen LogP contribution in [-0.4, -0.2) is 35.7 Å². The van der Waals surface area contributed by atoms with Gasteiger partial charge < -0.3 is 23.9 Å². The Morgan fingerprint density at radius 2 is 1.69 bits per heavy atom. The molecule has 0 fully saturated rings. The lowest BCUT2D eigenvalue weighted by molar-refractivity contribution is -0.115. The van der Waals surface area contributed by atoms with E-state index in [0.29, 0.717) is 34.3 Å². The zero-order chi connectivity index (χ0) is 23.1. The van der Waals surface area contributed by atoms with Crippen LogP contribution in [0.1, 0.15) is 11.3 Å². The summed E-state index contributed by atoms with van der Waals surface area (Å²) in [6.45, 7) is 0.0209. The monoisotopic (exact) mass is 460 g/mol. The molecule has 0 aliphatic heterocycles. The number of benzene rings is 2. The first-order valence-electron chi connectivity index (χ1n) is 9.57. The van der Waals surface area contributed by atoms with E-state index in [-0.39, 0.29) is 23.8 Å². The molecule has 0 aliphatic carbocycles. The van der Waals surface area contributed by atoms with Gasteiger partial charge in [0.25, 0.3) is 0 Å². The van der Waals surface area contributed by atoms with Crippen LogP contribution in [-0.2, 0) is 27.8 Å². The minimum absolute atomic E-state index is 0.0183. The topological polar surface area (TPSA) is 116 Å². The van der Waals surface area contributed by atoms with Gasteiger partial charge in [-0.2, -0.15) is 0 Å². The van der Waals surface area contributed by atoms with E-state index in [1.54, 1.807) is 36.4 Å². The van der Waals surface area contributed by atoms with Gasteiger partial charge >= 0.3 is 0 Å². The maximum atomic E-state index is 12.6. The summed E-state index contributed by atoms with van der Waals surface area (Å²) in [4.78, 5) is 12.6. The third kappa shape index (κ3) is 5.59. The first-order chi connectivity index (χ1) is 15.4. The number of hydrogen-bond acceptors (Lipinski definition) is 7. The molecule has 10 heteroatoms. The van der Waals surface area contributed by atoms with Crippen molar-refractivity contribution >= 4 is 21.6 Å². The van der Waals surface area contributed by atoms with Crippen molar-refractivity contribution in [1.82, 2.24) is 4.72 Å². The fourth-order valence-corrected chi connectivity index (χ4v) is 4.07. The van der Waals surface area contributed by atoms with Gasteiger partial charge in [-0.3, -0.25) is 4.79 Å². The second kappa shape index (κ2) is 10.2. The smallest absolute Gasteiger partial charge is 0.241 e.